The van der Waals surface area contributed by atoms with Gasteiger partial charge in [-0.3, -0.25) is 14.4 Å². The van der Waals surface area contributed by atoms with Crippen molar-refractivity contribution in [2.24, 2.45) is 0 Å². The van der Waals surface area contributed by atoms with Crippen LogP contribution in [0.4, 0.5) is 0 Å². The first-order chi connectivity index (χ1) is 19.7. The molecule has 8 heteroatoms. The number of unbranched alkanes of at least 4 members (excludes halogenated alkanes) is 16. The number of carbonyl (C=O) groups is 4. The lowest BCUT2D eigenvalue weighted by atomic mass is 10.0. The van der Waals surface area contributed by atoms with Crippen molar-refractivity contribution in [2.45, 2.75) is 194 Å². The molecule has 0 aromatic heterocycles. The van der Waals surface area contributed by atoms with E-state index in [9.17, 15) is 19.2 Å². The van der Waals surface area contributed by atoms with Gasteiger partial charge in [-0.15, -0.1) is 0 Å². The molecule has 8 nitrogen and oxygen atoms in total. The Morgan fingerprint density at radius 3 is 1.26 bits per heavy atom. The van der Waals surface area contributed by atoms with Crippen LogP contribution in [0, 0.1) is 0 Å². The number of carbonyl (C=O) groups excluding carboxylic acids is 3. The smallest absolute Gasteiger partial charge is 0.329 e. The molecule has 0 aliphatic heterocycles. The number of amides is 1. The van der Waals surface area contributed by atoms with Crippen LogP contribution in [0.15, 0.2) is 0 Å². The summed E-state index contributed by atoms with van der Waals surface area (Å²) in [5.41, 5.74) is -1.08. The van der Waals surface area contributed by atoms with E-state index in [4.69, 9.17) is 14.6 Å². The van der Waals surface area contributed by atoms with Gasteiger partial charge < -0.3 is 19.9 Å². The summed E-state index contributed by atoms with van der Waals surface area (Å²) in [6.45, 7) is 11.0. The Balaban J connectivity index is 3.61. The number of nitrogens with one attached hydrogen (secondary N) is 1. The highest BCUT2D eigenvalue weighted by Gasteiger charge is 2.27. The van der Waals surface area contributed by atoms with Gasteiger partial charge in [0.2, 0.25) is 5.91 Å². The fraction of sp³-hybridized carbons (Fsp3) is 0.882. The summed E-state index contributed by atoms with van der Waals surface area (Å²) in [5, 5.41) is 11.6. The number of hydrogen-bond acceptors (Lipinski definition) is 6. The second kappa shape index (κ2) is 23.3. The van der Waals surface area contributed by atoms with Crippen molar-refractivity contribution in [3.05, 3.63) is 0 Å². The van der Waals surface area contributed by atoms with E-state index >= 15 is 0 Å². The topological polar surface area (TPSA) is 119 Å². The molecular formula is C34H63NO7. The normalized spacial score (nSPS) is 12.5. The van der Waals surface area contributed by atoms with Crippen molar-refractivity contribution in [3.63, 3.8) is 0 Å². The Kier molecular flexibility index (Phi) is 22.2. The zero-order valence-electron chi connectivity index (χ0n) is 27.8. The highest BCUT2D eigenvalue weighted by molar-refractivity contribution is 5.85. The molecule has 2 N–H and O–H groups in total. The third kappa shape index (κ3) is 28.0. The van der Waals surface area contributed by atoms with Crippen molar-refractivity contribution < 1.29 is 33.8 Å². The average molecular weight is 598 g/mol. The first-order valence-electron chi connectivity index (χ1n) is 16.7. The number of ether oxygens (including phenoxy) is 2. The molecule has 246 valence electrons. The van der Waals surface area contributed by atoms with E-state index in [1.807, 2.05) is 20.8 Å². The summed E-state index contributed by atoms with van der Waals surface area (Å²) in [4.78, 5) is 47.3. The molecule has 0 aromatic carbocycles. The third-order valence-corrected chi connectivity index (χ3v) is 6.88. The number of hydrogen-bond donors (Lipinski definition) is 2. The second-order valence-electron chi connectivity index (χ2n) is 13.7. The number of rotatable bonds is 25. The van der Waals surface area contributed by atoms with Crippen LogP contribution in [0.5, 0.6) is 0 Å². The highest BCUT2D eigenvalue weighted by Crippen LogP contribution is 2.16. The van der Waals surface area contributed by atoms with Crippen molar-refractivity contribution >= 4 is 23.8 Å². The molecule has 42 heavy (non-hydrogen) atoms. The maximum atomic E-state index is 12.4. The largest absolute Gasteiger partial charge is 0.481 e. The molecule has 0 aromatic rings. The lowest BCUT2D eigenvalue weighted by molar-refractivity contribution is -0.159. The van der Waals surface area contributed by atoms with Gasteiger partial charge in [-0.05, 0) is 60.8 Å². The maximum Gasteiger partial charge on any atom is 0.329 e. The Hall–Kier alpha value is -2.12. The molecular weight excluding hydrogens is 534 g/mol. The Bertz CT molecular complexity index is 752. The lowest BCUT2D eigenvalue weighted by Gasteiger charge is -2.24. The molecule has 0 heterocycles. The van der Waals surface area contributed by atoms with Crippen LogP contribution in [-0.4, -0.2) is 46.2 Å². The molecule has 0 aliphatic rings. The molecule has 0 rings (SSSR count). The summed E-state index contributed by atoms with van der Waals surface area (Å²) in [6.07, 6.45) is 20.9. The van der Waals surface area contributed by atoms with Crippen LogP contribution in [0.25, 0.3) is 0 Å². The zero-order chi connectivity index (χ0) is 31.9. The van der Waals surface area contributed by atoms with Gasteiger partial charge in [0.25, 0.3) is 0 Å². The predicted molar refractivity (Wildman–Crippen MR) is 168 cm³/mol. The predicted octanol–water partition coefficient (Wildman–Crippen LogP) is 8.43. The van der Waals surface area contributed by atoms with Crippen LogP contribution < -0.4 is 5.32 Å². The van der Waals surface area contributed by atoms with Crippen LogP contribution in [0.2, 0.25) is 0 Å². The van der Waals surface area contributed by atoms with E-state index < -0.39 is 23.6 Å². The minimum Gasteiger partial charge on any atom is -0.481 e. The summed E-state index contributed by atoms with van der Waals surface area (Å²) >= 11 is 0. The van der Waals surface area contributed by atoms with Gasteiger partial charge in [-0.2, -0.15) is 0 Å². The zero-order valence-corrected chi connectivity index (χ0v) is 27.8. The average Bonchev–Trinajstić information content (AvgIpc) is 2.85. The molecule has 1 amide bonds. The number of carboxylic acids is 1. The van der Waals surface area contributed by atoms with Crippen LogP contribution in [0.3, 0.4) is 0 Å². The first-order valence-corrected chi connectivity index (χ1v) is 16.7. The van der Waals surface area contributed by atoms with Gasteiger partial charge in [0, 0.05) is 19.3 Å². The van der Waals surface area contributed by atoms with Crippen LogP contribution >= 0.6 is 0 Å². The van der Waals surface area contributed by atoms with Crippen molar-refractivity contribution in [2.75, 3.05) is 0 Å². The van der Waals surface area contributed by atoms with Gasteiger partial charge in [0.15, 0.2) is 0 Å². The summed E-state index contributed by atoms with van der Waals surface area (Å²) < 4.78 is 10.7. The van der Waals surface area contributed by atoms with Gasteiger partial charge in [-0.1, -0.05) is 96.3 Å². The summed E-state index contributed by atoms with van der Waals surface area (Å²) in [5.74, 6) is -1.90. The van der Waals surface area contributed by atoms with Crippen LogP contribution in [-0.2, 0) is 28.7 Å². The molecule has 0 unspecified atom stereocenters. The van der Waals surface area contributed by atoms with E-state index in [0.717, 1.165) is 32.1 Å². The van der Waals surface area contributed by atoms with Gasteiger partial charge in [0.1, 0.15) is 17.2 Å². The molecule has 0 saturated carbocycles. The minimum absolute atomic E-state index is 0.0237. The fourth-order valence-electron chi connectivity index (χ4n) is 4.76. The van der Waals surface area contributed by atoms with Crippen molar-refractivity contribution in [1.29, 1.82) is 0 Å². The third-order valence-electron chi connectivity index (χ3n) is 6.88. The summed E-state index contributed by atoms with van der Waals surface area (Å²) in [7, 11) is 0. The first kappa shape index (κ1) is 39.9. The van der Waals surface area contributed by atoms with E-state index in [2.05, 4.69) is 5.32 Å². The monoisotopic (exact) mass is 597 g/mol. The molecule has 0 bridgehead atoms. The molecule has 0 spiro atoms. The second-order valence-corrected chi connectivity index (χ2v) is 13.7. The van der Waals surface area contributed by atoms with Crippen molar-refractivity contribution in [1.82, 2.24) is 5.32 Å². The quantitative estimate of drug-likeness (QED) is 0.0800. The number of carboxylic acid groups (broad SMARTS) is 1. The standard InChI is InChI=1S/C34H63NO7/c1-33(2,3)41-31(39)25-23-21-19-17-15-13-11-9-7-8-10-12-14-16-18-20-22-24-29(36)35-28(26-27-30(37)38)32(40)42-34(4,5)6/h28H,7-27H2,1-6H3,(H,35,36)(H,37,38)/t28-/m0/s1. The van der Waals surface area contributed by atoms with Crippen molar-refractivity contribution in [3.8, 4) is 0 Å². The lowest BCUT2D eigenvalue weighted by Crippen LogP contribution is -2.44. The highest BCUT2D eigenvalue weighted by atomic mass is 16.6. The van der Waals surface area contributed by atoms with E-state index in [0.29, 0.717) is 12.8 Å². The Labute approximate surface area is 256 Å². The van der Waals surface area contributed by atoms with Gasteiger partial charge in [-0.25, -0.2) is 4.79 Å². The fourth-order valence-corrected chi connectivity index (χ4v) is 4.76. The molecule has 0 radical (unpaired) electrons. The van der Waals surface area contributed by atoms with Gasteiger partial charge >= 0.3 is 17.9 Å². The molecule has 0 fully saturated rings. The molecule has 0 saturated heterocycles. The van der Waals surface area contributed by atoms with E-state index in [-0.39, 0.29) is 30.3 Å². The molecule has 0 aliphatic carbocycles. The summed E-state index contributed by atoms with van der Waals surface area (Å²) in [6, 6.07) is -0.929. The maximum absolute atomic E-state index is 12.4. The Morgan fingerprint density at radius 1 is 0.548 bits per heavy atom. The van der Waals surface area contributed by atoms with E-state index in [1.165, 1.54) is 77.0 Å². The number of esters is 2. The Morgan fingerprint density at radius 2 is 0.905 bits per heavy atom. The minimum atomic E-state index is -1.01. The SMILES string of the molecule is CC(C)(C)OC(=O)CCCCCCCCCCCCCCCCCCCC(=O)N[C@@H](CCC(=O)O)C(=O)OC(C)(C)C. The molecule has 1 atom stereocenters. The van der Waals surface area contributed by atoms with E-state index in [1.54, 1.807) is 20.8 Å². The van der Waals surface area contributed by atoms with Gasteiger partial charge in [0.05, 0.1) is 0 Å². The number of aliphatic carboxylic acids is 1. The van der Waals surface area contributed by atoms with Crippen LogP contribution in [0.1, 0.15) is 176 Å².